The van der Waals surface area contributed by atoms with Crippen LogP contribution in [0.5, 0.6) is 0 Å². The molecule has 0 spiro atoms. The van der Waals surface area contributed by atoms with Crippen LogP contribution >= 0.6 is 0 Å². The lowest BCUT2D eigenvalue weighted by atomic mass is 9.47. The first-order valence-electron chi connectivity index (χ1n) is 20.0. The Labute approximate surface area is 296 Å². The van der Waals surface area contributed by atoms with Gasteiger partial charge in [-0.1, -0.05) is 65.5 Å². The Balaban J connectivity index is 1.04. The van der Waals surface area contributed by atoms with Gasteiger partial charge in [0.1, 0.15) is 18.6 Å². The molecule has 4 fully saturated rings. The Bertz CT molecular complexity index is 1240. The van der Waals surface area contributed by atoms with Crippen molar-refractivity contribution in [2.45, 2.75) is 144 Å². The quantitative estimate of drug-likeness (QED) is 0.0537. The SMILES string of the molecule is CCOC(=O)C1CN(C(=O)CCCCC[NH+]=C(O)O[C@H]2CC[C@@]3(C)C(=CCC4C5CCC(C(C)CCCC(C)C)[C@@]5(C)CCC43)C2)CC1=O. The molecule has 8 nitrogen and oxygen atoms in total. The summed E-state index contributed by atoms with van der Waals surface area (Å²) in [6.07, 6.45) is 19.1. The molecule has 2 N–H and O–H groups in total. The number of likely N-dealkylation sites (tertiary alicyclic amines) is 1. The molecular formula is C41H67N2O6+. The van der Waals surface area contributed by atoms with E-state index in [4.69, 9.17) is 9.47 Å². The number of esters is 1. The summed E-state index contributed by atoms with van der Waals surface area (Å²) in [6.45, 7) is 15.1. The van der Waals surface area contributed by atoms with Crippen molar-refractivity contribution in [3.8, 4) is 0 Å². The summed E-state index contributed by atoms with van der Waals surface area (Å²) in [5, 5.41) is 10.6. The van der Waals surface area contributed by atoms with Gasteiger partial charge in [-0.25, -0.2) is 0 Å². The summed E-state index contributed by atoms with van der Waals surface area (Å²) in [6, 6.07) is 0. The zero-order valence-electron chi connectivity index (χ0n) is 31.6. The minimum Gasteiger partial charge on any atom is -0.465 e. The molecule has 5 aliphatic rings. The predicted octanol–water partition coefficient (Wildman–Crippen LogP) is 6.56. The van der Waals surface area contributed by atoms with Crippen molar-refractivity contribution < 1.29 is 34.0 Å². The second kappa shape index (κ2) is 16.3. The number of hydrogen-bond acceptors (Lipinski definition) is 5. The average Bonchev–Trinajstić information content (AvgIpc) is 3.62. The minimum atomic E-state index is -0.850. The Morgan fingerprint density at radius 2 is 1.82 bits per heavy atom. The van der Waals surface area contributed by atoms with Crippen molar-refractivity contribution in [1.29, 1.82) is 0 Å². The smallest absolute Gasteiger partial charge is 0.465 e. The zero-order chi connectivity index (χ0) is 35.3. The van der Waals surface area contributed by atoms with Crippen LogP contribution in [0.15, 0.2) is 11.6 Å². The van der Waals surface area contributed by atoms with Crippen molar-refractivity contribution in [3.63, 3.8) is 0 Å². The van der Waals surface area contributed by atoms with E-state index in [1.807, 2.05) is 0 Å². The van der Waals surface area contributed by atoms with E-state index in [1.54, 1.807) is 12.5 Å². The van der Waals surface area contributed by atoms with Gasteiger partial charge in [0, 0.05) is 25.8 Å². The maximum Gasteiger partial charge on any atom is 0.545 e. The van der Waals surface area contributed by atoms with Crippen LogP contribution in [-0.4, -0.2) is 66.1 Å². The van der Waals surface area contributed by atoms with Crippen molar-refractivity contribution in [2.24, 2.45) is 52.3 Å². The van der Waals surface area contributed by atoms with Gasteiger partial charge in [-0.05, 0) is 111 Å². The highest BCUT2D eigenvalue weighted by Gasteiger charge is 2.59. The van der Waals surface area contributed by atoms with Crippen molar-refractivity contribution in [2.75, 3.05) is 26.2 Å². The summed E-state index contributed by atoms with van der Waals surface area (Å²) in [7, 11) is 0. The van der Waals surface area contributed by atoms with Gasteiger partial charge in [0.15, 0.2) is 5.78 Å². The second-order valence-electron chi connectivity index (χ2n) is 17.4. The zero-order valence-corrected chi connectivity index (χ0v) is 31.6. The molecule has 0 aromatic carbocycles. The van der Waals surface area contributed by atoms with E-state index in [0.717, 1.165) is 67.6 Å². The van der Waals surface area contributed by atoms with Crippen molar-refractivity contribution in [3.05, 3.63) is 11.6 Å². The summed E-state index contributed by atoms with van der Waals surface area (Å²) >= 11 is 0. The fraction of sp³-hybridized carbons (Fsp3) is 0.854. The number of Topliss-reactive ketones (excluding diaryl/α,β-unsaturated/α-hetero) is 1. The monoisotopic (exact) mass is 683 g/mol. The number of allylic oxidation sites excluding steroid dienone is 1. The molecule has 4 aliphatic carbocycles. The molecular weight excluding hydrogens is 616 g/mol. The topological polar surface area (TPSA) is 107 Å². The first kappa shape index (κ1) is 37.9. The first-order valence-corrected chi connectivity index (χ1v) is 20.0. The van der Waals surface area contributed by atoms with E-state index in [0.29, 0.717) is 24.8 Å². The van der Waals surface area contributed by atoms with Crippen LogP contribution in [0.1, 0.15) is 138 Å². The second-order valence-corrected chi connectivity index (χ2v) is 17.4. The Morgan fingerprint density at radius 1 is 1.02 bits per heavy atom. The molecule has 0 aromatic heterocycles. The molecule has 276 valence electrons. The third kappa shape index (κ3) is 8.41. The predicted molar refractivity (Wildman–Crippen MR) is 192 cm³/mol. The van der Waals surface area contributed by atoms with E-state index in [-0.39, 0.29) is 49.0 Å². The molecule has 0 radical (unpaired) electrons. The third-order valence-electron chi connectivity index (χ3n) is 13.9. The van der Waals surface area contributed by atoms with Gasteiger partial charge in [-0.3, -0.25) is 14.4 Å². The number of aliphatic hydroxyl groups is 1. The average molecular weight is 684 g/mol. The maximum absolute atomic E-state index is 12.6. The van der Waals surface area contributed by atoms with Crippen LogP contribution in [0.2, 0.25) is 0 Å². The number of nitrogens with zero attached hydrogens (tertiary/aromatic N) is 1. The number of fused-ring (bicyclic) bond motifs is 5. The molecule has 0 aromatic rings. The fourth-order valence-corrected chi connectivity index (χ4v) is 11.2. The van der Waals surface area contributed by atoms with Crippen LogP contribution in [0.25, 0.3) is 0 Å². The molecule has 1 amide bonds. The molecule has 0 bridgehead atoms. The fourth-order valence-electron chi connectivity index (χ4n) is 11.2. The number of ketones is 1. The van der Waals surface area contributed by atoms with Crippen LogP contribution in [0.4, 0.5) is 0 Å². The molecule has 3 saturated carbocycles. The number of unbranched alkanes of at least 4 members (excludes halogenated alkanes) is 2. The lowest BCUT2D eigenvalue weighted by Gasteiger charge is -2.58. The van der Waals surface area contributed by atoms with Gasteiger partial charge in [0.25, 0.3) is 0 Å². The highest BCUT2D eigenvalue weighted by molar-refractivity contribution is 6.04. The number of aliphatic hydroxyl groups excluding tert-OH is 1. The number of rotatable bonds is 14. The highest BCUT2D eigenvalue weighted by atomic mass is 16.6. The lowest BCUT2D eigenvalue weighted by Crippen LogP contribution is -2.74. The standard InChI is InChI=1S/C41H66N2O6/c1-7-48-38(46)32-25-43(26-36(32)44)37(45)14-9-8-10-23-42-39(47)49-30-19-21-40(5)29(24-30)15-16-31-34-18-17-33(28(4)13-11-12-27(2)3)41(34,6)22-20-35(31)40/h15,27-28,30-35H,7-14,16-26H2,1-6H3,(H,42,47)/p+1/t28?,30-,31?,32?,33?,34?,35?,40-,41+/m0/s1. The minimum absolute atomic E-state index is 0.000918. The number of carbonyl (C=O) groups is 3. The third-order valence-corrected chi connectivity index (χ3v) is 13.9. The van der Waals surface area contributed by atoms with E-state index in [1.165, 1.54) is 56.3 Å². The number of ether oxygens (including phenoxy) is 2. The molecule has 9 atom stereocenters. The first-order chi connectivity index (χ1) is 23.4. The Hall–Kier alpha value is -2.38. The molecule has 5 rings (SSSR count). The van der Waals surface area contributed by atoms with E-state index < -0.39 is 11.9 Å². The van der Waals surface area contributed by atoms with Crippen molar-refractivity contribution in [1.82, 2.24) is 4.90 Å². The Morgan fingerprint density at radius 3 is 2.57 bits per heavy atom. The summed E-state index contributed by atoms with van der Waals surface area (Å²) in [4.78, 5) is 41.2. The van der Waals surface area contributed by atoms with E-state index >= 15 is 0 Å². The normalized spacial score (nSPS) is 35.0. The van der Waals surface area contributed by atoms with Gasteiger partial charge in [-0.2, -0.15) is 4.99 Å². The van der Waals surface area contributed by atoms with Crippen LogP contribution in [0.3, 0.4) is 0 Å². The Kier molecular flexibility index (Phi) is 12.6. The van der Waals surface area contributed by atoms with Gasteiger partial charge < -0.3 is 19.5 Å². The summed E-state index contributed by atoms with van der Waals surface area (Å²) < 4.78 is 11.0. The number of nitrogens with one attached hydrogen (secondary N) is 1. The molecule has 1 aliphatic heterocycles. The summed E-state index contributed by atoms with van der Waals surface area (Å²) in [5.74, 6) is 3.25. The molecule has 8 heteroatoms. The van der Waals surface area contributed by atoms with Gasteiger partial charge in [-0.15, -0.1) is 0 Å². The van der Waals surface area contributed by atoms with E-state index in [2.05, 4.69) is 45.7 Å². The van der Waals surface area contributed by atoms with Gasteiger partial charge in [0.05, 0.1) is 13.2 Å². The number of hydrogen-bond donors (Lipinski definition) is 2. The maximum atomic E-state index is 12.6. The van der Waals surface area contributed by atoms with Crippen LogP contribution in [0, 0.1) is 52.3 Å². The van der Waals surface area contributed by atoms with E-state index in [9.17, 15) is 19.5 Å². The lowest BCUT2D eigenvalue weighted by molar-refractivity contribution is -0.480. The van der Waals surface area contributed by atoms with Gasteiger partial charge >= 0.3 is 12.1 Å². The van der Waals surface area contributed by atoms with Gasteiger partial charge in [0.2, 0.25) is 5.91 Å². The molecule has 1 saturated heterocycles. The molecule has 49 heavy (non-hydrogen) atoms. The molecule has 1 heterocycles. The molecule has 6 unspecified atom stereocenters. The summed E-state index contributed by atoms with van der Waals surface area (Å²) in [5.41, 5.74) is 2.33. The van der Waals surface area contributed by atoms with Crippen LogP contribution in [-0.2, 0) is 23.9 Å². The highest BCUT2D eigenvalue weighted by Crippen LogP contribution is 2.67. The number of carbonyl (C=O) groups excluding carboxylic acids is 3. The van der Waals surface area contributed by atoms with Crippen molar-refractivity contribution >= 4 is 23.7 Å². The van der Waals surface area contributed by atoms with Crippen LogP contribution < -0.4 is 4.99 Å². The number of amides is 1. The largest absolute Gasteiger partial charge is 0.545 e.